The quantitative estimate of drug-likeness (QED) is 0.515. The zero-order valence-electron chi connectivity index (χ0n) is 14.6. The van der Waals surface area contributed by atoms with Crippen LogP contribution in [0, 0.1) is 11.5 Å². The normalized spacial score (nSPS) is 12.0. The van der Waals surface area contributed by atoms with Gasteiger partial charge in [0, 0.05) is 17.1 Å². The molecule has 0 bridgehead atoms. The number of fused-ring (bicyclic) bond motifs is 1. The molecule has 0 aliphatic rings. The van der Waals surface area contributed by atoms with Gasteiger partial charge in [0.2, 0.25) is 0 Å². The first-order chi connectivity index (χ1) is 10.4. The number of benzene rings is 1. The second kappa shape index (κ2) is 6.67. The number of rotatable bonds is 3. The first-order valence-corrected chi connectivity index (χ1v) is 10.5. The van der Waals surface area contributed by atoms with E-state index in [1.807, 2.05) is 18.3 Å². The molecule has 0 N–H and O–H groups in total. The van der Waals surface area contributed by atoms with Crippen LogP contribution in [-0.4, -0.2) is 13.1 Å². The zero-order chi connectivity index (χ0) is 16.3. The van der Waals surface area contributed by atoms with E-state index in [-0.39, 0.29) is 0 Å². The summed E-state index contributed by atoms with van der Waals surface area (Å²) in [7, 11) is -1.67. The van der Waals surface area contributed by atoms with Crippen LogP contribution >= 0.6 is 0 Å². The van der Waals surface area contributed by atoms with Gasteiger partial charge < -0.3 is 0 Å². The van der Waals surface area contributed by atoms with Gasteiger partial charge in [0.15, 0.2) is 0 Å². The van der Waals surface area contributed by atoms with Crippen LogP contribution in [-0.2, 0) is 0 Å². The molecule has 2 aromatic rings. The van der Waals surface area contributed by atoms with E-state index in [1.54, 1.807) is 0 Å². The Kier molecular flexibility index (Phi) is 5.08. The van der Waals surface area contributed by atoms with E-state index in [4.69, 9.17) is 0 Å². The van der Waals surface area contributed by atoms with Gasteiger partial charge in [0.05, 0.1) is 5.52 Å². The van der Waals surface area contributed by atoms with Crippen molar-refractivity contribution in [2.24, 2.45) is 0 Å². The number of aromatic nitrogens is 1. The Morgan fingerprint density at radius 1 is 0.909 bits per heavy atom. The fraction of sp³-hybridized carbons (Fsp3) is 0.450. The molecule has 0 atom stereocenters. The van der Waals surface area contributed by atoms with E-state index in [2.05, 4.69) is 76.2 Å². The summed E-state index contributed by atoms with van der Waals surface area (Å²) in [6.45, 7) is 14.1. The summed E-state index contributed by atoms with van der Waals surface area (Å²) in [4.78, 5) is 4.53. The highest BCUT2D eigenvalue weighted by molar-refractivity contribution is 6.90. The van der Waals surface area contributed by atoms with Crippen LogP contribution in [0.4, 0.5) is 0 Å². The topological polar surface area (TPSA) is 12.9 Å². The second-order valence-corrected chi connectivity index (χ2v) is 12.6. The maximum atomic E-state index is 4.53. The largest absolute Gasteiger partial charge is 0.255 e. The number of nitrogens with zero attached hydrogens (tertiary/aromatic N) is 1. The molecule has 1 aromatic heterocycles. The van der Waals surface area contributed by atoms with Crippen molar-refractivity contribution >= 4 is 19.0 Å². The minimum Gasteiger partial charge on any atom is -0.255 e. The number of para-hydroxylation sites is 1. The van der Waals surface area contributed by atoms with Crippen molar-refractivity contribution in [1.82, 2.24) is 4.98 Å². The summed E-state index contributed by atoms with van der Waals surface area (Å²) in [6, 6.07) is 10.4. The summed E-state index contributed by atoms with van der Waals surface area (Å²) in [5, 5.41) is 1.17. The van der Waals surface area contributed by atoms with Crippen LogP contribution in [0.3, 0.4) is 0 Å². The Labute approximate surface area is 136 Å². The van der Waals surface area contributed by atoms with Crippen LogP contribution in [0.25, 0.3) is 10.9 Å². The summed E-state index contributed by atoms with van der Waals surface area (Å²) in [6.07, 6.45) is 1.91. The molecule has 22 heavy (non-hydrogen) atoms. The fourth-order valence-corrected chi connectivity index (χ4v) is 8.98. The van der Waals surface area contributed by atoms with Gasteiger partial charge in [-0.1, -0.05) is 65.7 Å². The second-order valence-electron chi connectivity index (χ2n) is 7.06. The smallest absolute Gasteiger partial charge is 0.146 e. The summed E-state index contributed by atoms with van der Waals surface area (Å²) in [5.74, 6) is 3.47. The Balaban J connectivity index is 2.47. The lowest BCUT2D eigenvalue weighted by atomic mass is 10.2. The van der Waals surface area contributed by atoms with Crippen molar-refractivity contribution in [2.45, 2.75) is 58.2 Å². The summed E-state index contributed by atoms with van der Waals surface area (Å²) >= 11 is 0. The van der Waals surface area contributed by atoms with Gasteiger partial charge in [0.1, 0.15) is 8.07 Å². The molecule has 0 aliphatic carbocycles. The number of hydrogen-bond donors (Lipinski definition) is 0. The van der Waals surface area contributed by atoms with E-state index in [1.165, 1.54) is 5.39 Å². The molecule has 0 aliphatic heterocycles. The predicted octanol–water partition coefficient (Wildman–Crippen LogP) is 5.80. The maximum absolute atomic E-state index is 4.53. The van der Waals surface area contributed by atoms with Crippen molar-refractivity contribution < 1.29 is 0 Å². The SMILES string of the molecule is CC(C)[Si](C#Cc1cnc2ccccc2c1)(C(C)C)C(C)C. The predicted molar refractivity (Wildman–Crippen MR) is 99.7 cm³/mol. The van der Waals surface area contributed by atoms with Gasteiger partial charge in [-0.2, -0.15) is 0 Å². The highest BCUT2D eigenvalue weighted by Gasteiger charge is 2.41. The van der Waals surface area contributed by atoms with Gasteiger partial charge in [0.25, 0.3) is 0 Å². The van der Waals surface area contributed by atoms with E-state index >= 15 is 0 Å². The molecule has 1 aromatic carbocycles. The van der Waals surface area contributed by atoms with Crippen molar-refractivity contribution in [3.8, 4) is 11.5 Å². The van der Waals surface area contributed by atoms with Crippen molar-refractivity contribution in [3.63, 3.8) is 0 Å². The van der Waals surface area contributed by atoms with E-state index < -0.39 is 8.07 Å². The van der Waals surface area contributed by atoms with Crippen molar-refractivity contribution in [3.05, 3.63) is 42.1 Å². The third-order valence-corrected chi connectivity index (χ3v) is 11.2. The fourth-order valence-electron chi connectivity index (χ4n) is 3.75. The molecule has 1 nitrogen and oxygen atoms in total. The van der Waals surface area contributed by atoms with Crippen molar-refractivity contribution in [2.75, 3.05) is 0 Å². The van der Waals surface area contributed by atoms with E-state index in [0.717, 1.165) is 11.1 Å². The zero-order valence-corrected chi connectivity index (χ0v) is 15.6. The maximum Gasteiger partial charge on any atom is 0.146 e. The molecule has 0 radical (unpaired) electrons. The highest BCUT2D eigenvalue weighted by Crippen LogP contribution is 2.40. The van der Waals surface area contributed by atoms with Crippen LogP contribution in [0.5, 0.6) is 0 Å². The van der Waals surface area contributed by atoms with Crippen LogP contribution in [0.1, 0.15) is 47.1 Å². The minimum absolute atomic E-state index is 0.661. The Morgan fingerprint density at radius 2 is 1.50 bits per heavy atom. The third-order valence-electron chi connectivity index (χ3n) is 4.88. The molecular weight excluding hydrogens is 282 g/mol. The molecule has 1 heterocycles. The summed E-state index contributed by atoms with van der Waals surface area (Å²) < 4.78 is 0. The van der Waals surface area contributed by atoms with Crippen LogP contribution in [0.2, 0.25) is 16.6 Å². The molecule has 2 heteroatoms. The standard InChI is InChI=1S/C20H27NSi/c1-15(2)22(16(3)4,17(5)6)12-11-18-13-19-9-7-8-10-20(19)21-14-18/h7-10,13-17H,1-6H3. The molecule has 0 amide bonds. The molecule has 0 fully saturated rings. The van der Waals surface area contributed by atoms with Crippen LogP contribution < -0.4 is 0 Å². The summed E-state index contributed by atoms with van der Waals surface area (Å²) in [5.41, 5.74) is 7.82. The lowest BCUT2D eigenvalue weighted by Gasteiger charge is -2.38. The first kappa shape index (κ1) is 16.8. The molecule has 116 valence electrons. The third kappa shape index (κ3) is 3.10. The molecular formula is C20H27NSi. The Bertz CT molecular complexity index is 682. The lowest BCUT2D eigenvalue weighted by Crippen LogP contribution is -2.43. The van der Waals surface area contributed by atoms with Gasteiger partial charge in [-0.15, -0.1) is 5.54 Å². The van der Waals surface area contributed by atoms with Gasteiger partial charge >= 0.3 is 0 Å². The molecule has 0 saturated carbocycles. The van der Waals surface area contributed by atoms with E-state index in [9.17, 15) is 0 Å². The van der Waals surface area contributed by atoms with Crippen LogP contribution in [0.15, 0.2) is 36.5 Å². The van der Waals surface area contributed by atoms with E-state index in [0.29, 0.717) is 16.6 Å². The average molecular weight is 310 g/mol. The first-order valence-electron chi connectivity index (χ1n) is 8.26. The minimum atomic E-state index is -1.67. The van der Waals surface area contributed by atoms with Gasteiger partial charge in [-0.3, -0.25) is 4.98 Å². The number of pyridine rings is 1. The lowest BCUT2D eigenvalue weighted by molar-refractivity contribution is 0.838. The van der Waals surface area contributed by atoms with Gasteiger partial charge in [-0.25, -0.2) is 0 Å². The Hall–Kier alpha value is -1.59. The monoisotopic (exact) mass is 309 g/mol. The number of hydrogen-bond acceptors (Lipinski definition) is 1. The molecule has 0 spiro atoms. The molecule has 0 saturated heterocycles. The highest BCUT2D eigenvalue weighted by atomic mass is 28.3. The molecule has 0 unspecified atom stereocenters. The average Bonchev–Trinajstić information content (AvgIpc) is 2.46. The van der Waals surface area contributed by atoms with Crippen molar-refractivity contribution in [1.29, 1.82) is 0 Å². The van der Waals surface area contributed by atoms with Gasteiger partial charge in [-0.05, 0) is 28.8 Å². The Morgan fingerprint density at radius 3 is 2.09 bits per heavy atom. The molecule has 2 rings (SSSR count).